The molecule has 0 bridgehead atoms. The summed E-state index contributed by atoms with van der Waals surface area (Å²) < 4.78 is 40.8. The number of sulfone groups is 1. The van der Waals surface area contributed by atoms with E-state index in [1.807, 2.05) is 24.3 Å². The van der Waals surface area contributed by atoms with Gasteiger partial charge in [0.15, 0.2) is 15.6 Å². The highest BCUT2D eigenvalue weighted by Crippen LogP contribution is 2.27. The molecule has 2 atom stereocenters. The zero-order valence-electron chi connectivity index (χ0n) is 13.1. The van der Waals surface area contributed by atoms with E-state index in [2.05, 4.69) is 5.16 Å². The van der Waals surface area contributed by atoms with Crippen molar-refractivity contribution in [2.45, 2.75) is 30.5 Å². The predicted molar refractivity (Wildman–Crippen MR) is 84.9 cm³/mol. The van der Waals surface area contributed by atoms with Crippen LogP contribution < -0.4 is 4.74 Å². The second kappa shape index (κ2) is 6.33. The van der Waals surface area contributed by atoms with Crippen molar-refractivity contribution >= 4 is 9.84 Å². The molecule has 0 spiro atoms. The van der Waals surface area contributed by atoms with Gasteiger partial charge in [-0.1, -0.05) is 17.3 Å². The lowest BCUT2D eigenvalue weighted by Gasteiger charge is -2.13. The van der Waals surface area contributed by atoms with Gasteiger partial charge in [0.2, 0.25) is 0 Å². The fourth-order valence-corrected chi connectivity index (χ4v) is 4.67. The number of methoxy groups -OCH3 is 1. The van der Waals surface area contributed by atoms with Gasteiger partial charge in [0, 0.05) is 18.2 Å². The normalized spacial score (nSPS) is 21.5. The van der Waals surface area contributed by atoms with Crippen molar-refractivity contribution in [1.29, 1.82) is 0 Å². The lowest BCUT2D eigenvalue weighted by molar-refractivity contribution is 0.126. The zero-order valence-corrected chi connectivity index (χ0v) is 13.9. The standard InChI is InChI=1S/C16H19NO5S/c1-11-16(6-7-21-11)23(18,19)10-13-9-15(22-17-13)12-4-3-5-14(8-12)20-2/h3-5,8-9,11,16H,6-7,10H2,1-2H3. The molecule has 2 aromatic rings. The fourth-order valence-electron chi connectivity index (χ4n) is 2.79. The first-order chi connectivity index (χ1) is 11.0. The summed E-state index contributed by atoms with van der Waals surface area (Å²) in [6, 6.07) is 8.99. The van der Waals surface area contributed by atoms with Crippen LogP contribution in [-0.4, -0.2) is 38.6 Å². The molecule has 124 valence electrons. The molecule has 1 aliphatic heterocycles. The van der Waals surface area contributed by atoms with Gasteiger partial charge in [0.05, 0.1) is 29.9 Å². The minimum absolute atomic E-state index is 0.140. The molecular formula is C16H19NO5S. The Labute approximate surface area is 135 Å². The van der Waals surface area contributed by atoms with E-state index in [0.29, 0.717) is 30.2 Å². The van der Waals surface area contributed by atoms with Crippen molar-refractivity contribution in [2.24, 2.45) is 0 Å². The van der Waals surface area contributed by atoms with Crippen molar-refractivity contribution in [3.8, 4) is 17.1 Å². The van der Waals surface area contributed by atoms with Crippen LogP contribution in [-0.2, 0) is 20.3 Å². The SMILES string of the molecule is COc1cccc(-c2cc(CS(=O)(=O)C3CCOC3C)no2)c1. The molecule has 7 heteroatoms. The molecule has 1 aromatic carbocycles. The molecule has 6 nitrogen and oxygen atoms in total. The predicted octanol–water partition coefficient (Wildman–Crippen LogP) is 2.44. The van der Waals surface area contributed by atoms with Crippen molar-refractivity contribution in [2.75, 3.05) is 13.7 Å². The van der Waals surface area contributed by atoms with E-state index in [1.165, 1.54) is 0 Å². The van der Waals surface area contributed by atoms with Crippen LogP contribution in [0.3, 0.4) is 0 Å². The molecule has 2 heterocycles. The third kappa shape index (κ3) is 3.40. The monoisotopic (exact) mass is 337 g/mol. The molecule has 2 unspecified atom stereocenters. The van der Waals surface area contributed by atoms with E-state index < -0.39 is 15.1 Å². The Morgan fingerprint density at radius 1 is 1.35 bits per heavy atom. The van der Waals surface area contributed by atoms with Gasteiger partial charge in [-0.15, -0.1) is 0 Å². The van der Waals surface area contributed by atoms with Gasteiger partial charge >= 0.3 is 0 Å². The number of hydrogen-bond donors (Lipinski definition) is 0. The second-order valence-corrected chi connectivity index (χ2v) is 7.84. The molecule has 0 amide bonds. The highest BCUT2D eigenvalue weighted by molar-refractivity contribution is 7.91. The maximum atomic E-state index is 12.5. The third-order valence-corrected chi connectivity index (χ3v) is 6.27. The van der Waals surface area contributed by atoms with Crippen LogP contribution in [0.2, 0.25) is 0 Å². The summed E-state index contributed by atoms with van der Waals surface area (Å²) in [5, 5.41) is 3.42. The van der Waals surface area contributed by atoms with Gasteiger partial charge in [-0.25, -0.2) is 8.42 Å². The number of hydrogen-bond acceptors (Lipinski definition) is 6. The molecule has 23 heavy (non-hydrogen) atoms. The van der Waals surface area contributed by atoms with E-state index in [1.54, 1.807) is 20.1 Å². The Morgan fingerprint density at radius 3 is 2.87 bits per heavy atom. The summed E-state index contributed by atoms with van der Waals surface area (Å²) in [7, 11) is -1.73. The molecule has 1 aliphatic rings. The summed E-state index contributed by atoms with van der Waals surface area (Å²) in [5.74, 6) is 1.08. The van der Waals surface area contributed by atoms with E-state index in [9.17, 15) is 8.42 Å². The quantitative estimate of drug-likeness (QED) is 0.834. The Bertz CT molecular complexity index is 783. The van der Waals surface area contributed by atoms with Gasteiger partial charge in [0.1, 0.15) is 5.75 Å². The molecule has 1 aromatic heterocycles. The molecule has 1 saturated heterocycles. The Kier molecular flexibility index (Phi) is 4.41. The van der Waals surface area contributed by atoms with Gasteiger partial charge in [-0.3, -0.25) is 0 Å². The summed E-state index contributed by atoms with van der Waals surface area (Å²) in [5.41, 5.74) is 1.19. The number of nitrogens with zero attached hydrogens (tertiary/aromatic N) is 1. The Morgan fingerprint density at radius 2 is 2.17 bits per heavy atom. The molecule has 0 radical (unpaired) electrons. The average molecular weight is 337 g/mol. The maximum Gasteiger partial charge on any atom is 0.167 e. The molecular weight excluding hydrogens is 318 g/mol. The van der Waals surface area contributed by atoms with Crippen molar-refractivity contribution < 1.29 is 22.4 Å². The van der Waals surface area contributed by atoms with Crippen molar-refractivity contribution in [3.63, 3.8) is 0 Å². The van der Waals surface area contributed by atoms with Crippen LogP contribution in [0.4, 0.5) is 0 Å². The minimum atomic E-state index is -3.32. The summed E-state index contributed by atoms with van der Waals surface area (Å²) in [6.45, 7) is 2.28. The van der Waals surface area contributed by atoms with Gasteiger partial charge < -0.3 is 14.0 Å². The van der Waals surface area contributed by atoms with Gasteiger partial charge in [0.25, 0.3) is 0 Å². The van der Waals surface area contributed by atoms with Crippen LogP contribution in [0, 0.1) is 0 Å². The lowest BCUT2D eigenvalue weighted by Crippen LogP contribution is -2.29. The van der Waals surface area contributed by atoms with E-state index in [4.69, 9.17) is 14.0 Å². The second-order valence-electron chi connectivity index (χ2n) is 5.62. The van der Waals surface area contributed by atoms with Crippen LogP contribution in [0.25, 0.3) is 11.3 Å². The van der Waals surface area contributed by atoms with E-state index >= 15 is 0 Å². The van der Waals surface area contributed by atoms with Crippen LogP contribution in [0.15, 0.2) is 34.9 Å². The number of aromatic nitrogens is 1. The average Bonchev–Trinajstić information content (AvgIpc) is 3.16. The largest absolute Gasteiger partial charge is 0.497 e. The first-order valence-electron chi connectivity index (χ1n) is 7.43. The van der Waals surface area contributed by atoms with E-state index in [-0.39, 0.29) is 11.9 Å². The van der Waals surface area contributed by atoms with Gasteiger partial charge in [-0.2, -0.15) is 0 Å². The Balaban J connectivity index is 1.79. The summed E-state index contributed by atoms with van der Waals surface area (Å²) >= 11 is 0. The van der Waals surface area contributed by atoms with Crippen molar-refractivity contribution in [1.82, 2.24) is 5.16 Å². The maximum absolute atomic E-state index is 12.5. The minimum Gasteiger partial charge on any atom is -0.497 e. The fraction of sp³-hybridized carbons (Fsp3) is 0.438. The molecule has 1 fully saturated rings. The highest BCUT2D eigenvalue weighted by Gasteiger charge is 2.36. The van der Waals surface area contributed by atoms with Gasteiger partial charge in [-0.05, 0) is 25.5 Å². The molecule has 3 rings (SSSR count). The van der Waals surface area contributed by atoms with Crippen LogP contribution >= 0.6 is 0 Å². The first kappa shape index (κ1) is 16.0. The lowest BCUT2D eigenvalue weighted by atomic mass is 10.1. The number of ether oxygens (including phenoxy) is 2. The topological polar surface area (TPSA) is 78.6 Å². The van der Waals surface area contributed by atoms with E-state index in [0.717, 1.165) is 5.56 Å². The first-order valence-corrected chi connectivity index (χ1v) is 9.14. The number of benzene rings is 1. The highest BCUT2D eigenvalue weighted by atomic mass is 32.2. The number of rotatable bonds is 5. The zero-order chi connectivity index (χ0) is 16.4. The third-order valence-electron chi connectivity index (χ3n) is 4.03. The van der Waals surface area contributed by atoms with Crippen molar-refractivity contribution in [3.05, 3.63) is 36.0 Å². The van der Waals surface area contributed by atoms with Crippen LogP contribution in [0.5, 0.6) is 5.75 Å². The molecule has 0 saturated carbocycles. The summed E-state index contributed by atoms with van der Waals surface area (Å²) in [6.07, 6.45) is 0.258. The Hall–Kier alpha value is -1.86. The molecule has 0 aliphatic carbocycles. The summed E-state index contributed by atoms with van der Waals surface area (Å²) in [4.78, 5) is 0. The van der Waals surface area contributed by atoms with Crippen LogP contribution in [0.1, 0.15) is 19.0 Å². The molecule has 0 N–H and O–H groups in total. The smallest absolute Gasteiger partial charge is 0.167 e.